The predicted octanol–water partition coefficient (Wildman–Crippen LogP) is 0.162. The summed E-state index contributed by atoms with van der Waals surface area (Å²) in [4.78, 5) is 13.1. The van der Waals surface area contributed by atoms with Gasteiger partial charge in [-0.2, -0.15) is 4.31 Å². The van der Waals surface area contributed by atoms with E-state index < -0.39 is 10.0 Å². The topological polar surface area (TPSA) is 83.7 Å². The number of likely N-dealkylation sites (N-methyl/N-ethyl adjacent to an activating group) is 2. The molecule has 0 heterocycles. The molecule has 0 fully saturated rings. The summed E-state index contributed by atoms with van der Waals surface area (Å²) in [5.41, 5.74) is 7.28. The second-order valence-electron chi connectivity index (χ2n) is 4.84. The third kappa shape index (κ3) is 3.56. The van der Waals surface area contributed by atoms with Crippen molar-refractivity contribution in [2.45, 2.75) is 18.4 Å². The van der Waals surface area contributed by atoms with E-state index in [0.29, 0.717) is 6.54 Å². The Morgan fingerprint density at radius 1 is 1.25 bits per heavy atom. The van der Waals surface area contributed by atoms with Crippen molar-refractivity contribution in [3.8, 4) is 0 Å². The average molecular weight is 299 g/mol. The van der Waals surface area contributed by atoms with E-state index in [1.165, 1.54) is 18.0 Å². The highest BCUT2D eigenvalue weighted by Crippen LogP contribution is 2.18. The number of rotatable bonds is 5. The molecule has 0 aromatic heterocycles. The van der Waals surface area contributed by atoms with Crippen LogP contribution in [-0.4, -0.2) is 51.2 Å². The van der Waals surface area contributed by atoms with Gasteiger partial charge in [0.15, 0.2) is 0 Å². The van der Waals surface area contributed by atoms with Gasteiger partial charge in [0.1, 0.15) is 0 Å². The Bertz CT molecular complexity index is 597. The van der Waals surface area contributed by atoms with Crippen LogP contribution in [0.2, 0.25) is 0 Å². The molecule has 7 heteroatoms. The largest absolute Gasteiger partial charge is 0.348 e. The minimum atomic E-state index is -3.67. The van der Waals surface area contributed by atoms with Gasteiger partial charge < -0.3 is 10.6 Å². The molecule has 1 aromatic carbocycles. The maximum Gasteiger partial charge on any atom is 0.243 e. The number of hydrogen-bond acceptors (Lipinski definition) is 4. The number of nitrogens with two attached hydrogens (primary N) is 1. The smallest absolute Gasteiger partial charge is 0.243 e. The second-order valence-corrected chi connectivity index (χ2v) is 6.89. The number of hydrogen-bond donors (Lipinski definition) is 1. The van der Waals surface area contributed by atoms with Crippen molar-refractivity contribution in [1.82, 2.24) is 9.21 Å². The molecule has 0 aliphatic carbocycles. The quantitative estimate of drug-likeness (QED) is 0.839. The van der Waals surface area contributed by atoms with Crippen LogP contribution in [0.1, 0.15) is 11.1 Å². The molecule has 20 heavy (non-hydrogen) atoms. The third-order valence-electron chi connectivity index (χ3n) is 3.10. The summed E-state index contributed by atoms with van der Waals surface area (Å²) in [5.74, 6) is -0.272. The van der Waals surface area contributed by atoms with Gasteiger partial charge in [-0.3, -0.25) is 4.79 Å². The van der Waals surface area contributed by atoms with E-state index in [-0.39, 0.29) is 17.3 Å². The fourth-order valence-corrected chi connectivity index (χ4v) is 2.86. The van der Waals surface area contributed by atoms with Crippen molar-refractivity contribution in [2.75, 3.05) is 27.7 Å². The number of carbonyl (C=O) groups excluding carboxylic acids is 1. The summed E-state index contributed by atoms with van der Waals surface area (Å²) in [6, 6.07) is 4.79. The molecule has 1 aromatic rings. The van der Waals surface area contributed by atoms with Crippen LogP contribution in [0.25, 0.3) is 0 Å². The van der Waals surface area contributed by atoms with Gasteiger partial charge in [0.05, 0.1) is 11.4 Å². The van der Waals surface area contributed by atoms with Gasteiger partial charge in [-0.05, 0) is 30.2 Å². The SMILES string of the molecule is Cc1cc(S(=O)(=O)N(C)CC(=O)N(C)C)ccc1CN. The zero-order valence-electron chi connectivity index (χ0n) is 12.3. The lowest BCUT2D eigenvalue weighted by molar-refractivity contribution is -0.128. The number of nitrogens with zero attached hydrogens (tertiary/aromatic N) is 2. The lowest BCUT2D eigenvalue weighted by Crippen LogP contribution is -2.37. The zero-order chi connectivity index (χ0) is 15.5. The Hall–Kier alpha value is -1.44. The first kappa shape index (κ1) is 16.6. The Morgan fingerprint density at radius 2 is 1.85 bits per heavy atom. The highest BCUT2D eigenvalue weighted by molar-refractivity contribution is 7.89. The molecule has 0 bridgehead atoms. The molecule has 6 nitrogen and oxygen atoms in total. The second kappa shape index (κ2) is 6.34. The lowest BCUT2D eigenvalue weighted by Gasteiger charge is -2.19. The molecule has 1 rings (SSSR count). The minimum absolute atomic E-state index is 0.168. The van der Waals surface area contributed by atoms with Gasteiger partial charge in [0.25, 0.3) is 0 Å². The first-order valence-corrected chi connectivity index (χ1v) is 7.60. The van der Waals surface area contributed by atoms with Crippen LogP contribution < -0.4 is 5.73 Å². The highest BCUT2D eigenvalue weighted by atomic mass is 32.2. The molecular formula is C13H21N3O3S. The first-order valence-electron chi connectivity index (χ1n) is 6.16. The predicted molar refractivity (Wildman–Crippen MR) is 77.6 cm³/mol. The number of sulfonamides is 1. The van der Waals surface area contributed by atoms with Crippen molar-refractivity contribution in [2.24, 2.45) is 5.73 Å². The fraction of sp³-hybridized carbons (Fsp3) is 0.462. The molecule has 2 N–H and O–H groups in total. The molecule has 112 valence electrons. The van der Waals surface area contributed by atoms with Crippen LogP contribution in [-0.2, 0) is 21.4 Å². The van der Waals surface area contributed by atoms with E-state index in [0.717, 1.165) is 15.4 Å². The van der Waals surface area contributed by atoms with Crippen LogP contribution >= 0.6 is 0 Å². The van der Waals surface area contributed by atoms with Gasteiger partial charge in [0, 0.05) is 27.7 Å². The monoisotopic (exact) mass is 299 g/mol. The normalized spacial score (nSPS) is 11.7. The van der Waals surface area contributed by atoms with Crippen LogP contribution in [0.3, 0.4) is 0 Å². The van der Waals surface area contributed by atoms with Gasteiger partial charge in [0.2, 0.25) is 15.9 Å². The molecule has 0 spiro atoms. The molecule has 0 unspecified atom stereocenters. The molecule has 0 saturated carbocycles. The Kier molecular flexibility index (Phi) is 5.27. The van der Waals surface area contributed by atoms with E-state index in [9.17, 15) is 13.2 Å². The highest BCUT2D eigenvalue weighted by Gasteiger charge is 2.23. The van der Waals surface area contributed by atoms with Gasteiger partial charge in [-0.15, -0.1) is 0 Å². The molecule has 0 saturated heterocycles. The van der Waals surface area contributed by atoms with Crippen LogP contribution in [0, 0.1) is 6.92 Å². The Morgan fingerprint density at radius 3 is 2.30 bits per heavy atom. The number of amides is 1. The van der Waals surface area contributed by atoms with E-state index in [2.05, 4.69) is 0 Å². The summed E-state index contributed by atoms with van der Waals surface area (Å²) in [6.45, 7) is 1.99. The van der Waals surface area contributed by atoms with Gasteiger partial charge in [-0.25, -0.2) is 8.42 Å². The maximum absolute atomic E-state index is 12.4. The number of carbonyl (C=O) groups is 1. The van der Waals surface area contributed by atoms with E-state index in [1.54, 1.807) is 26.2 Å². The molecular weight excluding hydrogens is 278 g/mol. The summed E-state index contributed by atoms with van der Waals surface area (Å²) in [6.07, 6.45) is 0. The van der Waals surface area contributed by atoms with Crippen molar-refractivity contribution < 1.29 is 13.2 Å². The van der Waals surface area contributed by atoms with Crippen LogP contribution in [0.5, 0.6) is 0 Å². The Balaban J connectivity index is 3.04. The van der Waals surface area contributed by atoms with Crippen molar-refractivity contribution >= 4 is 15.9 Å². The maximum atomic E-state index is 12.4. The van der Waals surface area contributed by atoms with Crippen molar-refractivity contribution in [3.05, 3.63) is 29.3 Å². The van der Waals surface area contributed by atoms with E-state index in [4.69, 9.17) is 5.73 Å². The summed E-state index contributed by atoms with van der Waals surface area (Å²) in [5, 5.41) is 0. The van der Waals surface area contributed by atoms with E-state index >= 15 is 0 Å². The molecule has 0 aliphatic rings. The average Bonchev–Trinajstić information content (AvgIpc) is 2.38. The zero-order valence-corrected chi connectivity index (χ0v) is 13.1. The fourth-order valence-electron chi connectivity index (χ4n) is 1.65. The van der Waals surface area contributed by atoms with Crippen molar-refractivity contribution in [1.29, 1.82) is 0 Å². The van der Waals surface area contributed by atoms with E-state index in [1.807, 2.05) is 6.92 Å². The molecule has 0 aliphatic heterocycles. The summed E-state index contributed by atoms with van der Waals surface area (Å²) in [7, 11) is 0.894. The van der Waals surface area contributed by atoms with Gasteiger partial charge in [-0.1, -0.05) is 6.07 Å². The lowest BCUT2D eigenvalue weighted by atomic mass is 10.1. The first-order chi connectivity index (χ1) is 9.20. The standard InChI is InChI=1S/C13H21N3O3S/c1-10-7-12(6-5-11(10)8-14)20(18,19)16(4)9-13(17)15(2)3/h5-7H,8-9,14H2,1-4H3. The van der Waals surface area contributed by atoms with Crippen LogP contribution in [0.15, 0.2) is 23.1 Å². The summed E-state index contributed by atoms with van der Waals surface area (Å²) < 4.78 is 25.8. The number of aryl methyl sites for hydroxylation is 1. The molecule has 0 radical (unpaired) electrons. The summed E-state index contributed by atoms with van der Waals surface area (Å²) >= 11 is 0. The van der Waals surface area contributed by atoms with Crippen LogP contribution in [0.4, 0.5) is 0 Å². The number of benzene rings is 1. The third-order valence-corrected chi connectivity index (χ3v) is 4.90. The van der Waals surface area contributed by atoms with Crippen molar-refractivity contribution in [3.63, 3.8) is 0 Å². The minimum Gasteiger partial charge on any atom is -0.348 e. The van der Waals surface area contributed by atoms with Gasteiger partial charge >= 0.3 is 0 Å². The molecule has 0 atom stereocenters. The Labute approximate surface area is 120 Å². The molecule has 1 amide bonds.